The molecule has 0 amide bonds. The monoisotopic (exact) mass is 241 g/mol. The second-order valence-corrected chi connectivity index (χ2v) is 4.66. The van der Waals surface area contributed by atoms with Gasteiger partial charge in [-0.15, -0.1) is 0 Å². The molecule has 0 spiro atoms. The van der Waals surface area contributed by atoms with E-state index < -0.39 is 11.6 Å². The number of benzene rings is 1. The molecule has 0 aliphatic rings. The van der Waals surface area contributed by atoms with Crippen LogP contribution in [0.5, 0.6) is 0 Å². The highest BCUT2D eigenvalue weighted by Gasteiger charge is 2.14. The van der Waals surface area contributed by atoms with Crippen LogP contribution in [0.15, 0.2) is 18.2 Å². The Labute approximate surface area is 102 Å². The topological polar surface area (TPSA) is 12.0 Å². The molecule has 0 heterocycles. The average Bonchev–Trinajstić information content (AvgIpc) is 2.26. The molecule has 1 rings (SSSR count). The smallest absolute Gasteiger partial charge is 0.129 e. The number of hydrogen-bond acceptors (Lipinski definition) is 1. The van der Waals surface area contributed by atoms with E-state index in [0.717, 1.165) is 25.5 Å². The highest BCUT2D eigenvalue weighted by atomic mass is 19.1. The molecule has 0 bridgehead atoms. The van der Waals surface area contributed by atoms with Gasteiger partial charge in [-0.05, 0) is 43.9 Å². The van der Waals surface area contributed by atoms with E-state index in [9.17, 15) is 8.78 Å². The summed E-state index contributed by atoms with van der Waals surface area (Å²) in [6.45, 7) is 7.15. The number of nitrogens with one attached hydrogen (secondary N) is 1. The van der Waals surface area contributed by atoms with Crippen LogP contribution in [0.4, 0.5) is 8.78 Å². The zero-order valence-corrected chi connectivity index (χ0v) is 10.8. The molecule has 0 aliphatic heterocycles. The van der Waals surface area contributed by atoms with Crippen LogP contribution in [-0.2, 0) is 0 Å². The van der Waals surface area contributed by atoms with Crippen molar-refractivity contribution < 1.29 is 8.78 Å². The van der Waals surface area contributed by atoms with E-state index in [0.29, 0.717) is 11.6 Å². The van der Waals surface area contributed by atoms with E-state index in [1.165, 1.54) is 6.07 Å². The van der Waals surface area contributed by atoms with Crippen LogP contribution >= 0.6 is 0 Å². The predicted octanol–water partition coefficient (Wildman–Crippen LogP) is 3.85. The molecular formula is C14H21F2N. The fraction of sp³-hybridized carbons (Fsp3) is 0.571. The van der Waals surface area contributed by atoms with Crippen molar-refractivity contribution in [3.05, 3.63) is 35.4 Å². The van der Waals surface area contributed by atoms with E-state index in [4.69, 9.17) is 0 Å². The Kier molecular flexibility index (Phi) is 5.56. The predicted molar refractivity (Wildman–Crippen MR) is 67.1 cm³/mol. The van der Waals surface area contributed by atoms with Crippen LogP contribution in [0.2, 0.25) is 0 Å². The summed E-state index contributed by atoms with van der Waals surface area (Å²) in [5, 5.41) is 3.37. The Hall–Kier alpha value is -0.960. The first kappa shape index (κ1) is 14.1. The third-order valence-corrected chi connectivity index (χ3v) is 2.94. The van der Waals surface area contributed by atoms with Gasteiger partial charge in [-0.1, -0.05) is 19.9 Å². The van der Waals surface area contributed by atoms with Crippen LogP contribution in [0, 0.1) is 11.6 Å². The van der Waals surface area contributed by atoms with Gasteiger partial charge in [-0.2, -0.15) is 0 Å². The standard InChI is InChI=1S/C14H21F2N/c1-4-7-17-11(3)8-10(2)13-6-5-12(15)9-14(13)16/h5-6,9-11,17H,4,7-8H2,1-3H3. The van der Waals surface area contributed by atoms with Crippen molar-refractivity contribution in [1.82, 2.24) is 5.32 Å². The van der Waals surface area contributed by atoms with Crippen LogP contribution < -0.4 is 5.32 Å². The van der Waals surface area contributed by atoms with Crippen LogP contribution in [-0.4, -0.2) is 12.6 Å². The van der Waals surface area contributed by atoms with Crippen molar-refractivity contribution in [3.63, 3.8) is 0 Å². The maximum atomic E-state index is 13.5. The molecule has 1 aromatic rings. The molecular weight excluding hydrogens is 220 g/mol. The maximum absolute atomic E-state index is 13.5. The third-order valence-electron chi connectivity index (χ3n) is 2.94. The van der Waals surface area contributed by atoms with E-state index in [1.54, 1.807) is 6.07 Å². The minimum atomic E-state index is -0.518. The molecule has 0 aromatic heterocycles. The molecule has 17 heavy (non-hydrogen) atoms. The first-order valence-electron chi connectivity index (χ1n) is 6.23. The lowest BCUT2D eigenvalue weighted by atomic mass is 9.94. The SMILES string of the molecule is CCCNC(C)CC(C)c1ccc(F)cc1F. The van der Waals surface area contributed by atoms with Gasteiger partial charge < -0.3 is 5.32 Å². The van der Waals surface area contributed by atoms with Crippen molar-refractivity contribution in [1.29, 1.82) is 0 Å². The Morgan fingerprint density at radius 1 is 1.24 bits per heavy atom. The lowest BCUT2D eigenvalue weighted by molar-refractivity contribution is 0.467. The lowest BCUT2D eigenvalue weighted by Gasteiger charge is -2.19. The van der Waals surface area contributed by atoms with Crippen molar-refractivity contribution in [2.45, 2.75) is 45.6 Å². The molecule has 2 atom stereocenters. The fourth-order valence-corrected chi connectivity index (χ4v) is 2.03. The summed E-state index contributed by atoms with van der Waals surface area (Å²) >= 11 is 0. The van der Waals surface area contributed by atoms with Gasteiger partial charge in [0.25, 0.3) is 0 Å². The molecule has 0 radical (unpaired) electrons. The molecule has 1 aromatic carbocycles. The minimum absolute atomic E-state index is 0.0926. The molecule has 1 N–H and O–H groups in total. The second-order valence-electron chi connectivity index (χ2n) is 4.66. The highest BCUT2D eigenvalue weighted by molar-refractivity contribution is 5.22. The molecule has 2 unspecified atom stereocenters. The van der Waals surface area contributed by atoms with E-state index >= 15 is 0 Å². The normalized spacial score (nSPS) is 14.6. The zero-order chi connectivity index (χ0) is 12.8. The van der Waals surface area contributed by atoms with Gasteiger partial charge in [0, 0.05) is 12.1 Å². The van der Waals surface area contributed by atoms with Crippen LogP contribution in [0.25, 0.3) is 0 Å². The number of halogens is 2. The molecule has 0 fully saturated rings. The van der Waals surface area contributed by atoms with Gasteiger partial charge in [0.05, 0.1) is 0 Å². The Morgan fingerprint density at radius 2 is 1.94 bits per heavy atom. The third kappa shape index (κ3) is 4.43. The summed E-state index contributed by atoms with van der Waals surface area (Å²) in [7, 11) is 0. The molecule has 1 nitrogen and oxygen atoms in total. The Morgan fingerprint density at radius 3 is 2.53 bits per heavy atom. The first-order chi connectivity index (χ1) is 8.04. The van der Waals surface area contributed by atoms with Gasteiger partial charge >= 0.3 is 0 Å². The van der Waals surface area contributed by atoms with Gasteiger partial charge in [-0.25, -0.2) is 8.78 Å². The van der Waals surface area contributed by atoms with Gasteiger partial charge in [0.15, 0.2) is 0 Å². The molecule has 0 aliphatic carbocycles. The van der Waals surface area contributed by atoms with Gasteiger partial charge in [-0.3, -0.25) is 0 Å². The zero-order valence-electron chi connectivity index (χ0n) is 10.8. The van der Waals surface area contributed by atoms with Crippen molar-refractivity contribution >= 4 is 0 Å². The summed E-state index contributed by atoms with van der Waals surface area (Å²) in [5.41, 5.74) is 0.594. The maximum Gasteiger partial charge on any atom is 0.129 e. The van der Waals surface area contributed by atoms with E-state index in [-0.39, 0.29) is 5.92 Å². The minimum Gasteiger partial charge on any atom is -0.314 e. The van der Waals surface area contributed by atoms with E-state index in [1.807, 2.05) is 6.92 Å². The van der Waals surface area contributed by atoms with Gasteiger partial charge in [0.1, 0.15) is 11.6 Å². The molecule has 3 heteroatoms. The van der Waals surface area contributed by atoms with Crippen molar-refractivity contribution in [2.75, 3.05) is 6.54 Å². The Bertz CT molecular complexity index is 352. The largest absolute Gasteiger partial charge is 0.314 e. The summed E-state index contributed by atoms with van der Waals surface area (Å²) in [6, 6.07) is 4.16. The van der Waals surface area contributed by atoms with Crippen molar-refractivity contribution in [2.24, 2.45) is 0 Å². The second kappa shape index (κ2) is 6.70. The summed E-state index contributed by atoms with van der Waals surface area (Å²) in [6.07, 6.45) is 1.94. The van der Waals surface area contributed by atoms with Crippen molar-refractivity contribution in [3.8, 4) is 0 Å². The van der Waals surface area contributed by atoms with E-state index in [2.05, 4.69) is 19.2 Å². The first-order valence-corrected chi connectivity index (χ1v) is 6.23. The molecule has 96 valence electrons. The summed E-state index contributed by atoms with van der Waals surface area (Å²) in [5.74, 6) is -0.870. The molecule has 0 saturated heterocycles. The summed E-state index contributed by atoms with van der Waals surface area (Å²) < 4.78 is 26.3. The number of hydrogen-bond donors (Lipinski definition) is 1. The lowest BCUT2D eigenvalue weighted by Crippen LogP contribution is -2.28. The fourth-order valence-electron chi connectivity index (χ4n) is 2.03. The van der Waals surface area contributed by atoms with Crippen LogP contribution in [0.3, 0.4) is 0 Å². The molecule has 0 saturated carbocycles. The number of rotatable bonds is 6. The van der Waals surface area contributed by atoms with Crippen LogP contribution in [0.1, 0.15) is 45.1 Å². The quantitative estimate of drug-likeness (QED) is 0.797. The highest BCUT2D eigenvalue weighted by Crippen LogP contribution is 2.23. The average molecular weight is 241 g/mol. The Balaban J connectivity index is 2.60. The van der Waals surface area contributed by atoms with Gasteiger partial charge in [0.2, 0.25) is 0 Å². The summed E-state index contributed by atoms with van der Waals surface area (Å²) in [4.78, 5) is 0.